The van der Waals surface area contributed by atoms with E-state index in [0.717, 1.165) is 50.3 Å². The maximum absolute atomic E-state index is 13.0. The van der Waals surface area contributed by atoms with E-state index in [1.807, 2.05) is 59.4 Å². The molecule has 0 saturated carbocycles. The number of benzene rings is 2. The smallest absolute Gasteiger partial charge is 0.251 e. The molecule has 0 spiro atoms. The van der Waals surface area contributed by atoms with Gasteiger partial charge in [0.1, 0.15) is 0 Å². The molecule has 6 rings (SSSR count). The van der Waals surface area contributed by atoms with E-state index in [1.165, 1.54) is 0 Å². The van der Waals surface area contributed by atoms with Crippen LogP contribution in [0.1, 0.15) is 12.5 Å². The van der Waals surface area contributed by atoms with Crippen LogP contribution in [0.2, 0.25) is 0 Å². The van der Waals surface area contributed by atoms with Gasteiger partial charge in [-0.25, -0.2) is 0 Å². The number of hydrogen-bond acceptors (Lipinski definition) is 3. The molecule has 1 aliphatic carbocycles. The maximum atomic E-state index is 13.0. The lowest BCUT2D eigenvalue weighted by Gasteiger charge is -2.20. The topological polar surface area (TPSA) is 47.8 Å². The Bertz CT molecular complexity index is 1590. The van der Waals surface area contributed by atoms with Crippen molar-refractivity contribution < 1.29 is 0 Å². The highest BCUT2D eigenvalue weighted by atomic mass is 16.1. The minimum atomic E-state index is -0.00204. The van der Waals surface area contributed by atoms with Crippen molar-refractivity contribution in [1.82, 2.24) is 14.5 Å². The number of pyridine rings is 3. The average Bonchev–Trinajstić information content (AvgIpc) is 2.83. The summed E-state index contributed by atoms with van der Waals surface area (Å²) < 4.78 is 1.90. The van der Waals surface area contributed by atoms with Crippen molar-refractivity contribution in [3.63, 3.8) is 0 Å². The summed E-state index contributed by atoms with van der Waals surface area (Å²) in [6, 6.07) is 20.0. The summed E-state index contributed by atoms with van der Waals surface area (Å²) >= 11 is 0. The van der Waals surface area contributed by atoms with Gasteiger partial charge < -0.3 is 4.57 Å². The minimum absolute atomic E-state index is 0.00204. The molecule has 31 heavy (non-hydrogen) atoms. The van der Waals surface area contributed by atoms with Crippen LogP contribution in [0.15, 0.2) is 102 Å². The van der Waals surface area contributed by atoms with Gasteiger partial charge in [-0.15, -0.1) is 0 Å². The largest absolute Gasteiger partial charge is 0.300 e. The highest BCUT2D eigenvalue weighted by molar-refractivity contribution is 6.05. The molecule has 148 valence electrons. The first kappa shape index (κ1) is 17.8. The molecule has 0 amide bonds. The first-order chi connectivity index (χ1) is 15.3. The monoisotopic (exact) mass is 401 g/mol. The molecule has 0 fully saturated rings. The van der Waals surface area contributed by atoms with Crippen LogP contribution in [0, 0.1) is 0 Å². The highest BCUT2D eigenvalue weighted by Crippen LogP contribution is 2.31. The number of aromatic nitrogens is 3. The number of para-hydroxylation sites is 1. The Morgan fingerprint density at radius 1 is 0.806 bits per heavy atom. The predicted molar refractivity (Wildman–Crippen MR) is 126 cm³/mol. The molecule has 0 bridgehead atoms. The lowest BCUT2D eigenvalue weighted by Crippen LogP contribution is -2.24. The van der Waals surface area contributed by atoms with E-state index in [4.69, 9.17) is 0 Å². The summed E-state index contributed by atoms with van der Waals surface area (Å²) in [5, 5.41) is 3.04. The molecule has 0 N–H and O–H groups in total. The summed E-state index contributed by atoms with van der Waals surface area (Å²) in [4.78, 5) is 22.2. The van der Waals surface area contributed by atoms with Crippen molar-refractivity contribution in [2.75, 3.05) is 0 Å². The number of fused-ring (bicyclic) bond motifs is 4. The van der Waals surface area contributed by atoms with Crippen molar-refractivity contribution >= 4 is 32.7 Å². The Morgan fingerprint density at radius 2 is 1.71 bits per heavy atom. The van der Waals surface area contributed by atoms with Gasteiger partial charge in [0.15, 0.2) is 0 Å². The third-order valence-corrected chi connectivity index (χ3v) is 5.97. The third-order valence-electron chi connectivity index (χ3n) is 5.97. The number of hydrogen-bond donors (Lipinski definition) is 0. The van der Waals surface area contributed by atoms with Crippen molar-refractivity contribution in [3.05, 3.63) is 108 Å². The Labute approximate surface area is 178 Å². The molecule has 2 aromatic carbocycles. The van der Waals surface area contributed by atoms with Crippen LogP contribution < -0.4 is 5.56 Å². The average molecular weight is 401 g/mol. The van der Waals surface area contributed by atoms with Gasteiger partial charge in [-0.3, -0.25) is 14.8 Å². The predicted octanol–water partition coefficient (Wildman–Crippen LogP) is 5.82. The molecule has 0 saturated heterocycles. The van der Waals surface area contributed by atoms with Gasteiger partial charge in [-0.1, -0.05) is 48.6 Å². The van der Waals surface area contributed by atoms with Crippen LogP contribution >= 0.6 is 0 Å². The standard InChI is InChI=1S/C27H19N3O/c31-26-13-11-20-16-29-25-12-10-18(21-14-19-6-4-5-9-24(19)28-17-21)15-23(25)27(20)30(26)22-7-2-1-3-8-22/h1-7,9-17,22H,8H2. The fraction of sp³-hybridized carbons (Fsp3) is 0.0741. The molecule has 1 unspecified atom stereocenters. The van der Waals surface area contributed by atoms with Gasteiger partial charge in [0, 0.05) is 40.2 Å². The number of allylic oxidation sites excluding steroid dienone is 4. The van der Waals surface area contributed by atoms with Crippen LogP contribution in [0.3, 0.4) is 0 Å². The summed E-state index contributed by atoms with van der Waals surface area (Å²) in [5.41, 5.74) is 4.88. The molecule has 4 nitrogen and oxygen atoms in total. The summed E-state index contributed by atoms with van der Waals surface area (Å²) in [6.45, 7) is 0. The van der Waals surface area contributed by atoms with Crippen LogP contribution in [0.25, 0.3) is 43.8 Å². The summed E-state index contributed by atoms with van der Waals surface area (Å²) in [5.74, 6) is 0. The van der Waals surface area contributed by atoms with Crippen molar-refractivity contribution in [2.24, 2.45) is 0 Å². The fourth-order valence-corrected chi connectivity index (χ4v) is 4.43. The Balaban J connectivity index is 1.63. The van der Waals surface area contributed by atoms with E-state index in [2.05, 4.69) is 46.4 Å². The molecular formula is C27H19N3O. The molecule has 0 radical (unpaired) electrons. The lowest BCUT2D eigenvalue weighted by molar-refractivity contribution is 0.609. The van der Waals surface area contributed by atoms with E-state index in [-0.39, 0.29) is 11.6 Å². The van der Waals surface area contributed by atoms with Gasteiger partial charge in [-0.05, 0) is 42.3 Å². The highest BCUT2D eigenvalue weighted by Gasteiger charge is 2.16. The van der Waals surface area contributed by atoms with Crippen LogP contribution in [-0.2, 0) is 0 Å². The van der Waals surface area contributed by atoms with E-state index in [9.17, 15) is 4.79 Å². The Kier molecular flexibility index (Phi) is 4.03. The van der Waals surface area contributed by atoms with Crippen molar-refractivity contribution in [2.45, 2.75) is 12.5 Å². The molecule has 3 aromatic heterocycles. The zero-order valence-corrected chi connectivity index (χ0v) is 16.8. The molecule has 1 atom stereocenters. The molecule has 1 aliphatic rings. The van der Waals surface area contributed by atoms with E-state index < -0.39 is 0 Å². The van der Waals surface area contributed by atoms with Gasteiger partial charge in [0.05, 0.1) is 22.6 Å². The number of nitrogens with zero attached hydrogens (tertiary/aromatic N) is 3. The van der Waals surface area contributed by atoms with Crippen LogP contribution in [-0.4, -0.2) is 14.5 Å². The van der Waals surface area contributed by atoms with E-state index in [1.54, 1.807) is 6.07 Å². The zero-order chi connectivity index (χ0) is 20.8. The minimum Gasteiger partial charge on any atom is -0.300 e. The first-order valence-corrected chi connectivity index (χ1v) is 10.4. The maximum Gasteiger partial charge on any atom is 0.251 e. The normalized spacial score (nSPS) is 15.8. The lowest BCUT2D eigenvalue weighted by atomic mass is 10.0. The van der Waals surface area contributed by atoms with Crippen LogP contribution in [0.5, 0.6) is 0 Å². The third kappa shape index (κ3) is 2.96. The van der Waals surface area contributed by atoms with Gasteiger partial charge >= 0.3 is 0 Å². The second-order valence-electron chi connectivity index (χ2n) is 7.87. The van der Waals surface area contributed by atoms with Gasteiger partial charge in [0.25, 0.3) is 5.56 Å². The second kappa shape index (κ2) is 7.03. The van der Waals surface area contributed by atoms with E-state index >= 15 is 0 Å². The first-order valence-electron chi connectivity index (χ1n) is 10.4. The molecule has 4 heteroatoms. The van der Waals surface area contributed by atoms with Crippen molar-refractivity contribution in [3.8, 4) is 11.1 Å². The van der Waals surface area contributed by atoms with E-state index in [0.29, 0.717) is 0 Å². The van der Waals surface area contributed by atoms with Crippen molar-refractivity contribution in [1.29, 1.82) is 0 Å². The van der Waals surface area contributed by atoms with Gasteiger partial charge in [-0.2, -0.15) is 0 Å². The number of rotatable bonds is 2. The SMILES string of the molecule is O=c1ccc2cnc3ccc(-c4cnc5ccccc5c4)cc3c2n1C1C=CC=CC1. The molecule has 5 aromatic rings. The summed E-state index contributed by atoms with van der Waals surface area (Å²) in [7, 11) is 0. The Hall–Kier alpha value is -4.05. The molecular weight excluding hydrogens is 382 g/mol. The second-order valence-corrected chi connectivity index (χ2v) is 7.87. The molecule has 0 aliphatic heterocycles. The van der Waals surface area contributed by atoms with Gasteiger partial charge in [0.2, 0.25) is 0 Å². The summed E-state index contributed by atoms with van der Waals surface area (Å²) in [6.07, 6.45) is 12.8. The molecule has 3 heterocycles. The Morgan fingerprint density at radius 3 is 2.61 bits per heavy atom. The fourth-order valence-electron chi connectivity index (χ4n) is 4.43. The van der Waals surface area contributed by atoms with Crippen LogP contribution in [0.4, 0.5) is 0 Å². The quantitative estimate of drug-likeness (QED) is 0.350. The zero-order valence-electron chi connectivity index (χ0n) is 16.8.